The maximum absolute atomic E-state index is 9.22. The zero-order valence-corrected chi connectivity index (χ0v) is 8.27. The minimum atomic E-state index is 0.131. The molecule has 2 rings (SSSR count). The predicted octanol–water partition coefficient (Wildman–Crippen LogP) is 2.00. The molecular weight excluding hydrogens is 164 g/mol. The predicted molar refractivity (Wildman–Crippen MR) is 50.9 cm³/mol. The fraction of sp³-hybridized carbons (Fsp3) is 0.455. The summed E-state index contributed by atoms with van der Waals surface area (Å²) in [6.45, 7) is 6.97. The molecule has 1 aliphatic heterocycles. The summed E-state index contributed by atoms with van der Waals surface area (Å²) >= 11 is 0. The van der Waals surface area contributed by atoms with E-state index in [0.717, 1.165) is 11.3 Å². The van der Waals surface area contributed by atoms with Crippen molar-refractivity contribution in [2.24, 2.45) is 0 Å². The second kappa shape index (κ2) is 2.74. The number of aliphatic hydroxyl groups is 1. The molecule has 0 bridgehead atoms. The third kappa shape index (κ3) is 0.985. The molecule has 0 aromatic heterocycles. The summed E-state index contributed by atoms with van der Waals surface area (Å²) in [7, 11) is 0. The van der Waals surface area contributed by atoms with Gasteiger partial charge in [-0.25, -0.2) is 0 Å². The van der Waals surface area contributed by atoms with Gasteiger partial charge in [0.1, 0.15) is 12.4 Å². The van der Waals surface area contributed by atoms with Gasteiger partial charge < -0.3 is 9.84 Å². The highest BCUT2D eigenvalue weighted by molar-refractivity contribution is 5.57. The van der Waals surface area contributed by atoms with E-state index in [9.17, 15) is 5.11 Å². The highest BCUT2D eigenvalue weighted by atomic mass is 16.5. The zero-order valence-electron chi connectivity index (χ0n) is 8.27. The fourth-order valence-electron chi connectivity index (χ4n) is 1.93. The van der Waals surface area contributed by atoms with Gasteiger partial charge in [0, 0.05) is 5.56 Å². The first-order valence-corrected chi connectivity index (χ1v) is 4.52. The summed E-state index contributed by atoms with van der Waals surface area (Å²) in [5, 5.41) is 9.22. The van der Waals surface area contributed by atoms with E-state index in [1.165, 1.54) is 22.3 Å². The second-order valence-corrected chi connectivity index (χ2v) is 3.61. The molecule has 0 saturated carbocycles. The van der Waals surface area contributed by atoms with E-state index in [-0.39, 0.29) is 6.61 Å². The zero-order chi connectivity index (χ0) is 9.59. The van der Waals surface area contributed by atoms with Gasteiger partial charge in [-0.1, -0.05) is 0 Å². The third-order valence-electron chi connectivity index (χ3n) is 3.05. The first kappa shape index (κ1) is 8.57. The summed E-state index contributed by atoms with van der Waals surface area (Å²) < 4.78 is 5.39. The molecule has 0 spiro atoms. The minimum absolute atomic E-state index is 0.131. The number of rotatable bonds is 1. The van der Waals surface area contributed by atoms with Crippen LogP contribution in [0.3, 0.4) is 0 Å². The average Bonchev–Trinajstić information content (AvgIpc) is 2.01. The van der Waals surface area contributed by atoms with Crippen LogP contribution in [0.15, 0.2) is 0 Å². The van der Waals surface area contributed by atoms with E-state index in [1.54, 1.807) is 0 Å². The molecule has 2 heteroatoms. The van der Waals surface area contributed by atoms with E-state index in [1.807, 2.05) is 13.8 Å². The van der Waals surface area contributed by atoms with E-state index < -0.39 is 0 Å². The van der Waals surface area contributed by atoms with Gasteiger partial charge in [-0.15, -0.1) is 0 Å². The molecular formula is C11H14O2. The molecule has 13 heavy (non-hydrogen) atoms. The van der Waals surface area contributed by atoms with Gasteiger partial charge in [-0.05, 0) is 43.0 Å². The summed E-state index contributed by atoms with van der Waals surface area (Å²) in [5.74, 6) is 1.03. The van der Waals surface area contributed by atoms with Gasteiger partial charge in [0.15, 0.2) is 0 Å². The van der Waals surface area contributed by atoms with Crippen molar-refractivity contribution >= 4 is 0 Å². The van der Waals surface area contributed by atoms with E-state index in [0.29, 0.717) is 6.61 Å². The highest BCUT2D eigenvalue weighted by Gasteiger charge is 2.24. The molecule has 0 fully saturated rings. The van der Waals surface area contributed by atoms with Crippen molar-refractivity contribution in [3.63, 3.8) is 0 Å². The highest BCUT2D eigenvalue weighted by Crippen LogP contribution is 2.39. The molecule has 0 amide bonds. The maximum Gasteiger partial charge on any atom is 0.129 e. The van der Waals surface area contributed by atoms with E-state index in [4.69, 9.17) is 4.74 Å². The first-order chi connectivity index (χ1) is 6.16. The molecule has 70 valence electrons. The largest absolute Gasteiger partial charge is 0.488 e. The van der Waals surface area contributed by atoms with Gasteiger partial charge in [-0.3, -0.25) is 0 Å². The quantitative estimate of drug-likeness (QED) is 0.712. The van der Waals surface area contributed by atoms with Gasteiger partial charge in [0.25, 0.3) is 0 Å². The van der Waals surface area contributed by atoms with Gasteiger partial charge in [-0.2, -0.15) is 0 Å². The van der Waals surface area contributed by atoms with Crippen LogP contribution in [0.4, 0.5) is 0 Å². The summed E-state index contributed by atoms with van der Waals surface area (Å²) in [4.78, 5) is 0. The first-order valence-electron chi connectivity index (χ1n) is 4.52. The summed E-state index contributed by atoms with van der Waals surface area (Å²) in [6.07, 6.45) is 0. The van der Waals surface area contributed by atoms with Crippen molar-refractivity contribution < 1.29 is 9.84 Å². The van der Waals surface area contributed by atoms with Crippen LogP contribution in [0.5, 0.6) is 5.75 Å². The molecule has 1 aromatic carbocycles. The Morgan fingerprint density at radius 2 is 1.85 bits per heavy atom. The lowest BCUT2D eigenvalue weighted by Crippen LogP contribution is -2.16. The van der Waals surface area contributed by atoms with E-state index >= 15 is 0 Å². The lowest BCUT2D eigenvalue weighted by atomic mass is 9.91. The van der Waals surface area contributed by atoms with Crippen LogP contribution in [0.25, 0.3) is 0 Å². The number of benzene rings is 1. The molecule has 0 aliphatic carbocycles. The topological polar surface area (TPSA) is 29.5 Å². The maximum atomic E-state index is 9.22. The summed E-state index contributed by atoms with van der Waals surface area (Å²) in [5.41, 5.74) is 5.88. The van der Waals surface area contributed by atoms with Crippen LogP contribution >= 0.6 is 0 Å². The minimum Gasteiger partial charge on any atom is -0.488 e. The molecule has 0 radical (unpaired) electrons. The van der Waals surface area contributed by atoms with Crippen molar-refractivity contribution in [3.8, 4) is 5.75 Å². The fourth-order valence-corrected chi connectivity index (χ4v) is 1.93. The van der Waals surface area contributed by atoms with Crippen LogP contribution in [-0.2, 0) is 13.2 Å². The Morgan fingerprint density at radius 1 is 1.15 bits per heavy atom. The SMILES string of the molecule is Cc1c(C)c2c(c(C)c1CO)CO2. The molecule has 1 N–H and O–H groups in total. The van der Waals surface area contributed by atoms with Crippen LogP contribution < -0.4 is 4.74 Å². The normalized spacial score (nSPS) is 13.2. The molecule has 0 saturated heterocycles. The van der Waals surface area contributed by atoms with Gasteiger partial charge in [0.05, 0.1) is 6.61 Å². The Kier molecular flexibility index (Phi) is 1.81. The molecule has 0 unspecified atom stereocenters. The van der Waals surface area contributed by atoms with Crippen LogP contribution in [0.2, 0.25) is 0 Å². The molecule has 1 heterocycles. The summed E-state index contributed by atoms with van der Waals surface area (Å²) in [6, 6.07) is 0. The van der Waals surface area contributed by atoms with Crippen molar-refractivity contribution in [1.29, 1.82) is 0 Å². The molecule has 1 aliphatic rings. The Bertz CT molecular complexity index is 344. The lowest BCUT2D eigenvalue weighted by molar-refractivity contribution is 0.235. The smallest absolute Gasteiger partial charge is 0.129 e. The number of hydrogen-bond donors (Lipinski definition) is 1. The van der Waals surface area contributed by atoms with Crippen LogP contribution in [-0.4, -0.2) is 5.11 Å². The molecule has 1 aromatic rings. The van der Waals surface area contributed by atoms with Crippen LogP contribution in [0, 0.1) is 20.8 Å². The molecule has 2 nitrogen and oxygen atoms in total. The third-order valence-corrected chi connectivity index (χ3v) is 3.05. The Labute approximate surface area is 78.2 Å². The average molecular weight is 178 g/mol. The van der Waals surface area contributed by atoms with Crippen molar-refractivity contribution in [1.82, 2.24) is 0 Å². The lowest BCUT2D eigenvalue weighted by Gasteiger charge is -2.28. The van der Waals surface area contributed by atoms with Gasteiger partial charge in [0.2, 0.25) is 0 Å². The van der Waals surface area contributed by atoms with E-state index in [2.05, 4.69) is 6.92 Å². The number of ether oxygens (including phenoxy) is 1. The number of aliphatic hydroxyl groups excluding tert-OH is 1. The Balaban J connectivity index is 2.72. The van der Waals surface area contributed by atoms with Crippen molar-refractivity contribution in [2.45, 2.75) is 34.0 Å². The standard InChI is InChI=1S/C11H14O2/c1-6-7(2)11-10(5-13-11)8(3)9(6)4-12/h12H,4-5H2,1-3H3. The number of hydrogen-bond acceptors (Lipinski definition) is 2. The van der Waals surface area contributed by atoms with Gasteiger partial charge >= 0.3 is 0 Å². The Morgan fingerprint density at radius 3 is 2.31 bits per heavy atom. The number of fused-ring (bicyclic) bond motifs is 1. The second-order valence-electron chi connectivity index (χ2n) is 3.61. The molecule has 0 atom stereocenters. The Hall–Kier alpha value is -1.02. The monoisotopic (exact) mass is 178 g/mol. The van der Waals surface area contributed by atoms with Crippen molar-refractivity contribution in [2.75, 3.05) is 0 Å². The van der Waals surface area contributed by atoms with Crippen LogP contribution in [0.1, 0.15) is 27.8 Å². The van der Waals surface area contributed by atoms with Crippen molar-refractivity contribution in [3.05, 3.63) is 27.8 Å².